The summed E-state index contributed by atoms with van der Waals surface area (Å²) in [5, 5.41) is 8.57. The number of carbonyl (C=O) groups is 1. The van der Waals surface area contributed by atoms with E-state index >= 15 is 0 Å². The van der Waals surface area contributed by atoms with Crippen molar-refractivity contribution in [1.82, 2.24) is 9.71 Å². The number of nitrogens with zero attached hydrogens (tertiary/aromatic N) is 1. The van der Waals surface area contributed by atoms with Crippen LogP contribution in [0.15, 0.2) is 27.8 Å². The van der Waals surface area contributed by atoms with E-state index in [1.54, 1.807) is 6.92 Å². The highest BCUT2D eigenvalue weighted by molar-refractivity contribution is 9.10. The second kappa shape index (κ2) is 6.26. The third kappa shape index (κ3) is 4.71. The van der Waals surface area contributed by atoms with Gasteiger partial charge in [0.25, 0.3) is 0 Å². The first-order valence-corrected chi connectivity index (χ1v) is 7.41. The van der Waals surface area contributed by atoms with Crippen molar-refractivity contribution in [2.45, 2.75) is 18.2 Å². The van der Waals surface area contributed by atoms with E-state index in [4.69, 9.17) is 5.11 Å². The molecule has 0 saturated heterocycles. The Morgan fingerprint density at radius 3 is 2.78 bits per heavy atom. The molecule has 0 saturated carbocycles. The van der Waals surface area contributed by atoms with Gasteiger partial charge in [-0.3, -0.25) is 9.78 Å². The van der Waals surface area contributed by atoms with Crippen LogP contribution in [0.5, 0.6) is 0 Å². The Bertz CT molecular complexity index is 532. The van der Waals surface area contributed by atoms with Gasteiger partial charge in [-0.1, -0.05) is 6.92 Å². The fourth-order valence-corrected chi connectivity index (χ4v) is 2.91. The molecule has 0 aromatic carbocycles. The maximum Gasteiger partial charge on any atom is 0.303 e. The lowest BCUT2D eigenvalue weighted by Gasteiger charge is -2.10. The molecule has 18 heavy (non-hydrogen) atoms. The number of carboxylic acid groups (broad SMARTS) is 1. The minimum Gasteiger partial charge on any atom is -0.481 e. The van der Waals surface area contributed by atoms with Crippen molar-refractivity contribution < 1.29 is 18.3 Å². The number of aromatic nitrogens is 1. The van der Waals surface area contributed by atoms with Crippen LogP contribution < -0.4 is 4.72 Å². The first-order valence-electron chi connectivity index (χ1n) is 5.13. The lowest BCUT2D eigenvalue weighted by Crippen LogP contribution is -2.29. The molecule has 0 radical (unpaired) electrons. The second-order valence-corrected chi connectivity index (χ2v) is 6.58. The number of pyridine rings is 1. The molecule has 1 atom stereocenters. The molecule has 0 spiro atoms. The maximum atomic E-state index is 11.9. The first kappa shape index (κ1) is 15.1. The fourth-order valence-electron chi connectivity index (χ4n) is 1.24. The molecule has 1 aromatic rings. The highest BCUT2D eigenvalue weighted by Crippen LogP contribution is 2.14. The SMILES string of the molecule is CC(CNS(=O)(=O)c1cncc(Br)c1)CC(=O)O. The molecule has 8 heteroatoms. The fraction of sp³-hybridized carbons (Fsp3) is 0.400. The van der Waals surface area contributed by atoms with E-state index in [0.717, 1.165) is 0 Å². The number of hydrogen-bond acceptors (Lipinski definition) is 4. The zero-order chi connectivity index (χ0) is 13.8. The van der Waals surface area contributed by atoms with Gasteiger partial charge in [-0.15, -0.1) is 0 Å². The van der Waals surface area contributed by atoms with Crippen LogP contribution in [0, 0.1) is 5.92 Å². The van der Waals surface area contributed by atoms with Gasteiger partial charge in [-0.25, -0.2) is 13.1 Å². The zero-order valence-corrected chi connectivity index (χ0v) is 12.0. The van der Waals surface area contributed by atoms with Crippen molar-refractivity contribution >= 4 is 31.9 Å². The van der Waals surface area contributed by atoms with E-state index in [9.17, 15) is 13.2 Å². The van der Waals surface area contributed by atoms with Crippen molar-refractivity contribution in [3.63, 3.8) is 0 Å². The number of aliphatic carboxylic acids is 1. The molecule has 1 aromatic heterocycles. The van der Waals surface area contributed by atoms with E-state index in [1.807, 2.05) is 0 Å². The molecule has 1 rings (SSSR count). The van der Waals surface area contributed by atoms with Crippen molar-refractivity contribution in [3.8, 4) is 0 Å². The van der Waals surface area contributed by atoms with Gasteiger partial charge in [-0.05, 0) is 27.9 Å². The Labute approximate surface area is 114 Å². The summed E-state index contributed by atoms with van der Waals surface area (Å²) in [6.45, 7) is 1.73. The average Bonchev–Trinajstić information content (AvgIpc) is 2.26. The summed E-state index contributed by atoms with van der Waals surface area (Å²) in [6.07, 6.45) is 2.63. The van der Waals surface area contributed by atoms with E-state index in [-0.39, 0.29) is 23.8 Å². The predicted octanol–water partition coefficient (Wildman–Crippen LogP) is 1.23. The predicted molar refractivity (Wildman–Crippen MR) is 68.5 cm³/mol. The van der Waals surface area contributed by atoms with Crippen LogP contribution in [-0.2, 0) is 14.8 Å². The number of carboxylic acids is 1. The number of rotatable bonds is 6. The highest BCUT2D eigenvalue weighted by Gasteiger charge is 2.17. The Morgan fingerprint density at radius 1 is 1.56 bits per heavy atom. The number of hydrogen-bond donors (Lipinski definition) is 2. The number of halogens is 1. The van der Waals surface area contributed by atoms with Gasteiger partial charge in [0, 0.05) is 29.8 Å². The minimum atomic E-state index is -3.65. The molecule has 0 aliphatic carbocycles. The van der Waals surface area contributed by atoms with Crippen molar-refractivity contribution in [1.29, 1.82) is 0 Å². The van der Waals surface area contributed by atoms with Gasteiger partial charge < -0.3 is 5.11 Å². The van der Waals surface area contributed by atoms with Crippen LogP contribution in [0.2, 0.25) is 0 Å². The summed E-state index contributed by atoms with van der Waals surface area (Å²) < 4.78 is 26.6. The summed E-state index contributed by atoms with van der Waals surface area (Å²) in [5.74, 6) is -1.23. The molecule has 6 nitrogen and oxygen atoms in total. The molecule has 1 heterocycles. The standard InChI is InChI=1S/C10H13BrN2O4S/c1-7(2-10(14)15)4-13-18(16,17)9-3-8(11)5-12-6-9/h3,5-7,13H,2,4H2,1H3,(H,14,15). The van der Waals surface area contributed by atoms with E-state index in [2.05, 4.69) is 25.6 Å². The quantitative estimate of drug-likeness (QED) is 0.814. The highest BCUT2D eigenvalue weighted by atomic mass is 79.9. The van der Waals surface area contributed by atoms with Crippen LogP contribution in [0.4, 0.5) is 0 Å². The molecular weight excluding hydrogens is 324 g/mol. The second-order valence-electron chi connectivity index (χ2n) is 3.89. The summed E-state index contributed by atoms with van der Waals surface area (Å²) in [5.41, 5.74) is 0. The van der Waals surface area contributed by atoms with Crippen molar-refractivity contribution in [3.05, 3.63) is 22.9 Å². The van der Waals surface area contributed by atoms with Gasteiger partial charge in [0.05, 0.1) is 0 Å². The lowest BCUT2D eigenvalue weighted by molar-refractivity contribution is -0.137. The normalized spacial score (nSPS) is 13.2. The van der Waals surface area contributed by atoms with E-state index in [0.29, 0.717) is 4.47 Å². The number of nitrogens with one attached hydrogen (secondary N) is 1. The Balaban J connectivity index is 2.68. The molecule has 0 bridgehead atoms. The summed E-state index contributed by atoms with van der Waals surface area (Å²) >= 11 is 3.13. The van der Waals surface area contributed by atoms with Crippen LogP contribution in [0.1, 0.15) is 13.3 Å². The first-order chi connectivity index (χ1) is 8.31. The van der Waals surface area contributed by atoms with E-state index < -0.39 is 16.0 Å². The zero-order valence-electron chi connectivity index (χ0n) is 9.63. The Kier molecular flexibility index (Phi) is 5.24. The van der Waals surface area contributed by atoms with Crippen molar-refractivity contribution in [2.75, 3.05) is 6.54 Å². The largest absolute Gasteiger partial charge is 0.481 e. The minimum absolute atomic E-state index is 0.0411. The topological polar surface area (TPSA) is 96.4 Å². The molecule has 0 aliphatic rings. The summed E-state index contributed by atoms with van der Waals surface area (Å²) in [6, 6.07) is 1.43. The van der Waals surface area contributed by atoms with Crippen LogP contribution >= 0.6 is 15.9 Å². The molecule has 2 N–H and O–H groups in total. The molecular formula is C10H13BrN2O4S. The van der Waals surface area contributed by atoms with Crippen LogP contribution in [-0.4, -0.2) is 31.0 Å². The van der Waals surface area contributed by atoms with Crippen molar-refractivity contribution in [2.24, 2.45) is 5.92 Å². The van der Waals surface area contributed by atoms with Gasteiger partial charge in [-0.2, -0.15) is 0 Å². The van der Waals surface area contributed by atoms with Crippen LogP contribution in [0.3, 0.4) is 0 Å². The summed E-state index contributed by atoms with van der Waals surface area (Å²) in [7, 11) is -3.65. The molecule has 0 fully saturated rings. The molecule has 0 amide bonds. The smallest absolute Gasteiger partial charge is 0.303 e. The molecule has 100 valence electrons. The third-order valence-corrected chi connectivity index (χ3v) is 3.96. The summed E-state index contributed by atoms with van der Waals surface area (Å²) in [4.78, 5) is 14.3. The van der Waals surface area contributed by atoms with Crippen LogP contribution in [0.25, 0.3) is 0 Å². The monoisotopic (exact) mass is 336 g/mol. The van der Waals surface area contributed by atoms with E-state index in [1.165, 1.54) is 18.5 Å². The third-order valence-electron chi connectivity index (χ3n) is 2.13. The molecule has 1 unspecified atom stereocenters. The van der Waals surface area contributed by atoms with Gasteiger partial charge >= 0.3 is 5.97 Å². The number of sulfonamides is 1. The lowest BCUT2D eigenvalue weighted by atomic mass is 10.1. The van der Waals surface area contributed by atoms with Gasteiger partial charge in [0.2, 0.25) is 10.0 Å². The maximum absolute atomic E-state index is 11.9. The Morgan fingerprint density at radius 2 is 2.22 bits per heavy atom. The average molecular weight is 337 g/mol. The van der Waals surface area contributed by atoms with Gasteiger partial charge in [0.1, 0.15) is 4.90 Å². The molecule has 0 aliphatic heterocycles. The Hall–Kier alpha value is -0.990. The van der Waals surface area contributed by atoms with Gasteiger partial charge in [0.15, 0.2) is 0 Å².